The largest absolute Gasteiger partial charge is 0.444 e. The van der Waals surface area contributed by atoms with Crippen molar-refractivity contribution in [2.45, 2.75) is 46.3 Å². The normalized spacial score (nSPS) is 17.9. The number of carbonyl (C=O) groups is 2. The van der Waals surface area contributed by atoms with Crippen molar-refractivity contribution in [1.29, 1.82) is 0 Å². The highest BCUT2D eigenvalue weighted by Gasteiger charge is 2.32. The summed E-state index contributed by atoms with van der Waals surface area (Å²) in [5.74, 6) is 0.949. The number of carbonyl (C=O) groups excluding carboxylic acids is 2. The SMILES string of the molecule is Cc1nc(C)c2c(n1)NC[C@H](NC(=O)OC(C)(C)C)C(=O)N2C. The Labute approximate surface area is 135 Å². The van der Waals surface area contributed by atoms with Gasteiger partial charge in [0.05, 0.1) is 5.69 Å². The van der Waals surface area contributed by atoms with Gasteiger partial charge >= 0.3 is 6.09 Å². The van der Waals surface area contributed by atoms with Crippen LogP contribution in [-0.2, 0) is 9.53 Å². The van der Waals surface area contributed by atoms with E-state index in [1.807, 2.05) is 6.92 Å². The summed E-state index contributed by atoms with van der Waals surface area (Å²) < 4.78 is 5.21. The molecule has 0 radical (unpaired) electrons. The summed E-state index contributed by atoms with van der Waals surface area (Å²) in [6.07, 6.45) is -0.629. The van der Waals surface area contributed by atoms with Crippen LogP contribution >= 0.6 is 0 Å². The fraction of sp³-hybridized carbons (Fsp3) is 0.600. The molecule has 2 amide bonds. The van der Waals surface area contributed by atoms with Crippen LogP contribution in [0.4, 0.5) is 16.3 Å². The second kappa shape index (κ2) is 6.02. The predicted octanol–water partition coefficient (Wildman–Crippen LogP) is 1.38. The molecule has 2 heterocycles. The van der Waals surface area contributed by atoms with E-state index in [-0.39, 0.29) is 12.5 Å². The van der Waals surface area contributed by atoms with E-state index in [0.29, 0.717) is 23.0 Å². The number of anilines is 2. The number of nitrogens with one attached hydrogen (secondary N) is 2. The Kier molecular flexibility index (Phi) is 4.44. The van der Waals surface area contributed by atoms with E-state index in [0.717, 1.165) is 0 Å². The van der Waals surface area contributed by atoms with Crippen LogP contribution in [0.25, 0.3) is 0 Å². The number of aryl methyl sites for hydroxylation is 2. The summed E-state index contributed by atoms with van der Waals surface area (Å²) in [4.78, 5) is 34.6. The fourth-order valence-electron chi connectivity index (χ4n) is 2.42. The number of aromatic nitrogens is 2. The molecule has 1 aromatic heterocycles. The maximum atomic E-state index is 12.6. The van der Waals surface area contributed by atoms with Gasteiger partial charge in [-0.1, -0.05) is 0 Å². The van der Waals surface area contributed by atoms with E-state index in [1.165, 1.54) is 4.90 Å². The second-order valence-electron chi connectivity index (χ2n) is 6.53. The van der Waals surface area contributed by atoms with Crippen molar-refractivity contribution in [3.63, 3.8) is 0 Å². The molecule has 0 saturated carbocycles. The number of hydrogen-bond acceptors (Lipinski definition) is 6. The van der Waals surface area contributed by atoms with Crippen molar-refractivity contribution in [3.05, 3.63) is 11.5 Å². The molecule has 0 unspecified atom stereocenters. The van der Waals surface area contributed by atoms with Crippen molar-refractivity contribution in [1.82, 2.24) is 15.3 Å². The van der Waals surface area contributed by atoms with E-state index >= 15 is 0 Å². The smallest absolute Gasteiger partial charge is 0.408 e. The molecular formula is C15H23N5O3. The Bertz CT molecular complexity index is 639. The molecule has 0 aliphatic carbocycles. The summed E-state index contributed by atoms with van der Waals surface area (Å²) >= 11 is 0. The van der Waals surface area contributed by atoms with Gasteiger partial charge in [0, 0.05) is 13.6 Å². The van der Waals surface area contributed by atoms with Gasteiger partial charge in [-0.2, -0.15) is 0 Å². The number of ether oxygens (including phenoxy) is 1. The zero-order valence-electron chi connectivity index (χ0n) is 14.4. The third-order valence-electron chi connectivity index (χ3n) is 3.30. The predicted molar refractivity (Wildman–Crippen MR) is 86.6 cm³/mol. The van der Waals surface area contributed by atoms with Gasteiger partial charge in [-0.25, -0.2) is 14.8 Å². The molecule has 2 N–H and O–H groups in total. The molecule has 1 aromatic rings. The number of amides is 2. The molecule has 23 heavy (non-hydrogen) atoms. The van der Waals surface area contributed by atoms with Gasteiger partial charge in [-0.3, -0.25) is 4.79 Å². The molecule has 0 aromatic carbocycles. The lowest BCUT2D eigenvalue weighted by Gasteiger charge is -2.24. The third kappa shape index (κ3) is 3.88. The third-order valence-corrected chi connectivity index (χ3v) is 3.30. The first kappa shape index (κ1) is 17.0. The lowest BCUT2D eigenvalue weighted by atomic mass is 10.2. The molecule has 1 aliphatic rings. The fourth-order valence-corrected chi connectivity index (χ4v) is 2.42. The highest BCUT2D eigenvalue weighted by atomic mass is 16.6. The van der Waals surface area contributed by atoms with Crippen LogP contribution in [0, 0.1) is 13.8 Å². The van der Waals surface area contributed by atoms with Crippen LogP contribution in [0.3, 0.4) is 0 Å². The van der Waals surface area contributed by atoms with Crippen molar-refractivity contribution in [3.8, 4) is 0 Å². The van der Waals surface area contributed by atoms with Gasteiger partial charge in [0.15, 0.2) is 5.82 Å². The first-order chi connectivity index (χ1) is 10.6. The number of hydrogen-bond donors (Lipinski definition) is 2. The molecule has 1 atom stereocenters. The number of fused-ring (bicyclic) bond motifs is 1. The van der Waals surface area contributed by atoms with Crippen molar-refractivity contribution >= 4 is 23.5 Å². The average molecular weight is 321 g/mol. The topological polar surface area (TPSA) is 96.5 Å². The van der Waals surface area contributed by atoms with Gasteiger partial charge in [0.2, 0.25) is 0 Å². The van der Waals surface area contributed by atoms with Crippen LogP contribution in [-0.4, -0.2) is 47.2 Å². The van der Waals surface area contributed by atoms with Gasteiger partial charge in [0.1, 0.15) is 23.2 Å². The summed E-state index contributed by atoms with van der Waals surface area (Å²) in [6.45, 7) is 9.14. The lowest BCUT2D eigenvalue weighted by Crippen LogP contribution is -2.50. The van der Waals surface area contributed by atoms with Crippen LogP contribution in [0.1, 0.15) is 32.3 Å². The quantitative estimate of drug-likeness (QED) is 0.811. The minimum Gasteiger partial charge on any atom is -0.444 e. The van der Waals surface area contributed by atoms with Crippen molar-refractivity contribution in [2.24, 2.45) is 0 Å². The molecule has 126 valence electrons. The molecule has 8 nitrogen and oxygen atoms in total. The van der Waals surface area contributed by atoms with Gasteiger partial charge in [-0.05, 0) is 34.6 Å². The Morgan fingerprint density at radius 2 is 2.00 bits per heavy atom. The van der Waals surface area contributed by atoms with E-state index in [4.69, 9.17) is 4.74 Å². The number of nitrogens with zero attached hydrogens (tertiary/aromatic N) is 3. The average Bonchev–Trinajstić information content (AvgIpc) is 2.48. The van der Waals surface area contributed by atoms with Crippen LogP contribution < -0.4 is 15.5 Å². The van der Waals surface area contributed by atoms with Crippen molar-refractivity contribution < 1.29 is 14.3 Å². The van der Waals surface area contributed by atoms with Crippen molar-refractivity contribution in [2.75, 3.05) is 23.8 Å². The zero-order valence-corrected chi connectivity index (χ0v) is 14.4. The Hall–Kier alpha value is -2.38. The molecule has 0 fully saturated rings. The summed E-state index contributed by atoms with van der Waals surface area (Å²) in [5.41, 5.74) is 0.696. The standard InChI is InChI=1S/C15H23N5O3/c1-8-11-12(18-9(2)17-8)16-7-10(13(21)20(11)6)19-14(22)23-15(3,4)5/h10H,7H2,1-6H3,(H,19,22)(H,16,17,18)/t10-/m0/s1. The second-order valence-corrected chi connectivity index (χ2v) is 6.53. The summed E-state index contributed by atoms with van der Waals surface area (Å²) in [7, 11) is 1.64. The minimum absolute atomic E-state index is 0.227. The van der Waals surface area contributed by atoms with Gasteiger partial charge in [-0.15, -0.1) is 0 Å². The van der Waals surface area contributed by atoms with Gasteiger partial charge < -0.3 is 20.3 Å². The molecule has 0 bridgehead atoms. The Morgan fingerprint density at radius 3 is 2.61 bits per heavy atom. The maximum absolute atomic E-state index is 12.6. The summed E-state index contributed by atoms with van der Waals surface area (Å²) in [6, 6.07) is -0.747. The first-order valence-electron chi connectivity index (χ1n) is 7.44. The maximum Gasteiger partial charge on any atom is 0.408 e. The van der Waals surface area contributed by atoms with E-state index in [2.05, 4.69) is 20.6 Å². The minimum atomic E-state index is -0.747. The van der Waals surface area contributed by atoms with Crippen LogP contribution in [0.2, 0.25) is 0 Å². The molecular weight excluding hydrogens is 298 g/mol. The number of alkyl carbamates (subject to hydrolysis) is 1. The molecule has 8 heteroatoms. The number of likely N-dealkylation sites (N-methyl/N-ethyl adjacent to an activating group) is 1. The van der Waals surface area contributed by atoms with E-state index in [9.17, 15) is 9.59 Å². The Morgan fingerprint density at radius 1 is 1.35 bits per heavy atom. The van der Waals surface area contributed by atoms with E-state index in [1.54, 1.807) is 34.7 Å². The zero-order chi connectivity index (χ0) is 17.4. The van der Waals surface area contributed by atoms with Gasteiger partial charge in [0.25, 0.3) is 5.91 Å². The van der Waals surface area contributed by atoms with E-state index < -0.39 is 17.7 Å². The monoisotopic (exact) mass is 321 g/mol. The first-order valence-corrected chi connectivity index (χ1v) is 7.44. The number of rotatable bonds is 1. The van der Waals surface area contributed by atoms with Crippen LogP contribution in [0.15, 0.2) is 0 Å². The Balaban J connectivity index is 2.21. The molecule has 1 aliphatic heterocycles. The highest BCUT2D eigenvalue weighted by molar-refractivity contribution is 6.02. The molecule has 2 rings (SSSR count). The molecule has 0 spiro atoms. The molecule has 0 saturated heterocycles. The summed E-state index contributed by atoms with van der Waals surface area (Å²) in [5, 5.41) is 5.70. The van der Waals surface area contributed by atoms with Crippen LogP contribution in [0.5, 0.6) is 0 Å². The highest BCUT2D eigenvalue weighted by Crippen LogP contribution is 2.28. The lowest BCUT2D eigenvalue weighted by molar-refractivity contribution is -0.120.